The molecule has 0 spiro atoms. The molecule has 7 nitrogen and oxygen atoms in total. The standard InChI is InChI=1S/C19H21N3O4S2/c1-3-15-19(24)21-14-10-13(5-6-16(14)27-15)28(25,26)9-8-18(23)22-17-7-4-12(2)11-20-17/h4-7,10-11,15H,3,8-9H2,1-2H3,(H,21,24)(H,20,22,23)/t15-/m1/s1. The zero-order valence-electron chi connectivity index (χ0n) is 15.6. The summed E-state index contributed by atoms with van der Waals surface area (Å²) in [5.41, 5.74) is 1.46. The predicted octanol–water partition coefficient (Wildman–Crippen LogP) is 3.02. The molecule has 1 aliphatic heterocycles. The van der Waals surface area contributed by atoms with Gasteiger partial charge in [-0.15, -0.1) is 11.8 Å². The average molecular weight is 420 g/mol. The number of carbonyl (C=O) groups is 2. The van der Waals surface area contributed by atoms with Gasteiger partial charge in [0.2, 0.25) is 11.8 Å². The molecule has 2 amide bonds. The summed E-state index contributed by atoms with van der Waals surface area (Å²) in [6.45, 7) is 3.81. The molecule has 1 aromatic carbocycles. The van der Waals surface area contributed by atoms with Crippen molar-refractivity contribution in [2.24, 2.45) is 0 Å². The van der Waals surface area contributed by atoms with E-state index in [9.17, 15) is 18.0 Å². The van der Waals surface area contributed by atoms with E-state index in [1.165, 1.54) is 23.9 Å². The Morgan fingerprint density at radius 3 is 2.75 bits per heavy atom. The quantitative estimate of drug-likeness (QED) is 0.746. The third kappa shape index (κ3) is 4.71. The Labute approximate surface area is 168 Å². The van der Waals surface area contributed by atoms with Crippen molar-refractivity contribution in [2.75, 3.05) is 16.4 Å². The van der Waals surface area contributed by atoms with E-state index in [2.05, 4.69) is 15.6 Å². The van der Waals surface area contributed by atoms with Crippen LogP contribution in [0.4, 0.5) is 11.5 Å². The number of benzene rings is 1. The molecule has 0 fully saturated rings. The predicted molar refractivity (Wildman–Crippen MR) is 109 cm³/mol. The normalized spacial score (nSPS) is 16.2. The first-order valence-electron chi connectivity index (χ1n) is 8.85. The fraction of sp³-hybridized carbons (Fsp3) is 0.316. The van der Waals surface area contributed by atoms with E-state index in [4.69, 9.17) is 0 Å². The van der Waals surface area contributed by atoms with Crippen molar-refractivity contribution < 1.29 is 18.0 Å². The Balaban J connectivity index is 1.66. The zero-order chi connectivity index (χ0) is 20.3. The van der Waals surface area contributed by atoms with E-state index in [-0.39, 0.29) is 28.2 Å². The first-order valence-corrected chi connectivity index (χ1v) is 11.4. The van der Waals surface area contributed by atoms with Crippen LogP contribution in [0.3, 0.4) is 0 Å². The highest BCUT2D eigenvalue weighted by Gasteiger charge is 2.27. The van der Waals surface area contributed by atoms with Crippen molar-refractivity contribution >= 4 is 44.9 Å². The molecule has 9 heteroatoms. The summed E-state index contributed by atoms with van der Waals surface area (Å²) in [4.78, 5) is 29.1. The van der Waals surface area contributed by atoms with E-state index in [0.717, 1.165) is 10.5 Å². The molecule has 1 atom stereocenters. The lowest BCUT2D eigenvalue weighted by molar-refractivity contribution is -0.116. The topological polar surface area (TPSA) is 105 Å². The first kappa shape index (κ1) is 20.3. The summed E-state index contributed by atoms with van der Waals surface area (Å²) in [7, 11) is -3.67. The number of fused-ring (bicyclic) bond motifs is 1. The molecule has 3 rings (SSSR count). The van der Waals surface area contributed by atoms with Gasteiger partial charge in [-0.2, -0.15) is 0 Å². The summed E-state index contributed by atoms with van der Waals surface area (Å²) in [5.74, 6) is -0.499. The van der Waals surface area contributed by atoms with E-state index < -0.39 is 15.7 Å². The van der Waals surface area contributed by atoms with Crippen LogP contribution in [0.5, 0.6) is 0 Å². The summed E-state index contributed by atoms with van der Waals surface area (Å²) in [5, 5.41) is 5.18. The average Bonchev–Trinajstić information content (AvgIpc) is 2.67. The maximum atomic E-state index is 12.6. The van der Waals surface area contributed by atoms with Crippen molar-refractivity contribution in [2.45, 2.75) is 41.7 Å². The highest BCUT2D eigenvalue weighted by atomic mass is 32.2. The highest BCUT2D eigenvalue weighted by Crippen LogP contribution is 2.38. The van der Waals surface area contributed by atoms with Crippen LogP contribution in [0.15, 0.2) is 46.3 Å². The van der Waals surface area contributed by atoms with Gasteiger partial charge in [0.1, 0.15) is 5.82 Å². The molecule has 0 aliphatic carbocycles. The zero-order valence-corrected chi connectivity index (χ0v) is 17.2. The Morgan fingerprint density at radius 1 is 1.29 bits per heavy atom. The van der Waals surface area contributed by atoms with Crippen LogP contribution in [0.25, 0.3) is 0 Å². The number of amides is 2. The number of rotatable bonds is 6. The number of anilines is 2. The molecule has 1 aliphatic rings. The Morgan fingerprint density at radius 2 is 2.07 bits per heavy atom. The lowest BCUT2D eigenvalue weighted by atomic mass is 10.2. The number of nitrogens with one attached hydrogen (secondary N) is 2. The molecule has 2 heterocycles. The minimum absolute atomic E-state index is 0.0864. The van der Waals surface area contributed by atoms with Gasteiger partial charge in [0.05, 0.1) is 21.6 Å². The van der Waals surface area contributed by atoms with E-state index in [1.54, 1.807) is 18.3 Å². The lowest BCUT2D eigenvalue weighted by Gasteiger charge is -2.23. The van der Waals surface area contributed by atoms with Crippen LogP contribution in [0, 0.1) is 6.92 Å². The Hall–Kier alpha value is -2.39. The lowest BCUT2D eigenvalue weighted by Crippen LogP contribution is -2.28. The first-order chi connectivity index (χ1) is 13.3. The summed E-state index contributed by atoms with van der Waals surface area (Å²) < 4.78 is 25.2. The van der Waals surface area contributed by atoms with Gasteiger partial charge in [-0.05, 0) is 43.2 Å². The number of thioether (sulfide) groups is 1. The third-order valence-electron chi connectivity index (χ3n) is 4.28. The molecule has 2 N–H and O–H groups in total. The monoisotopic (exact) mass is 419 g/mol. The second-order valence-corrected chi connectivity index (χ2v) is 9.85. The van der Waals surface area contributed by atoms with Crippen molar-refractivity contribution in [3.63, 3.8) is 0 Å². The number of sulfone groups is 1. The summed E-state index contributed by atoms with van der Waals surface area (Å²) in [6, 6.07) is 8.15. The van der Waals surface area contributed by atoms with Gasteiger partial charge in [0.15, 0.2) is 9.84 Å². The Kier molecular flexibility index (Phi) is 6.04. The van der Waals surface area contributed by atoms with Crippen molar-refractivity contribution in [3.8, 4) is 0 Å². The molecule has 0 radical (unpaired) electrons. The van der Waals surface area contributed by atoms with Gasteiger partial charge in [0, 0.05) is 17.5 Å². The fourth-order valence-electron chi connectivity index (χ4n) is 2.68. The van der Waals surface area contributed by atoms with Crippen LogP contribution in [-0.4, -0.2) is 36.2 Å². The van der Waals surface area contributed by atoms with E-state index >= 15 is 0 Å². The number of aromatic nitrogens is 1. The van der Waals surface area contributed by atoms with Crippen LogP contribution >= 0.6 is 11.8 Å². The molecule has 0 unspecified atom stereocenters. The smallest absolute Gasteiger partial charge is 0.237 e. The maximum Gasteiger partial charge on any atom is 0.237 e. The van der Waals surface area contributed by atoms with Gasteiger partial charge in [0.25, 0.3) is 0 Å². The van der Waals surface area contributed by atoms with Crippen LogP contribution in [0.1, 0.15) is 25.3 Å². The Bertz CT molecular complexity index is 1000. The third-order valence-corrected chi connectivity index (χ3v) is 7.43. The van der Waals surface area contributed by atoms with Gasteiger partial charge in [-0.3, -0.25) is 9.59 Å². The molecule has 0 saturated carbocycles. The number of carbonyl (C=O) groups excluding carboxylic acids is 2. The molecular formula is C19H21N3O4S2. The molecule has 148 valence electrons. The molecular weight excluding hydrogens is 398 g/mol. The van der Waals surface area contributed by atoms with Crippen LogP contribution < -0.4 is 10.6 Å². The summed E-state index contributed by atoms with van der Waals surface area (Å²) >= 11 is 1.43. The largest absolute Gasteiger partial charge is 0.324 e. The molecule has 28 heavy (non-hydrogen) atoms. The second-order valence-electron chi connectivity index (χ2n) is 6.50. The van der Waals surface area contributed by atoms with Crippen LogP contribution in [-0.2, 0) is 19.4 Å². The van der Waals surface area contributed by atoms with E-state index in [1.807, 2.05) is 19.9 Å². The second kappa shape index (κ2) is 8.32. The van der Waals surface area contributed by atoms with Gasteiger partial charge < -0.3 is 10.6 Å². The fourth-order valence-corrected chi connectivity index (χ4v) is 4.97. The maximum absolute atomic E-state index is 12.6. The molecule has 0 saturated heterocycles. The van der Waals surface area contributed by atoms with Gasteiger partial charge in [-0.25, -0.2) is 13.4 Å². The van der Waals surface area contributed by atoms with E-state index in [0.29, 0.717) is 17.9 Å². The number of aryl methyl sites for hydroxylation is 1. The van der Waals surface area contributed by atoms with Gasteiger partial charge >= 0.3 is 0 Å². The number of pyridine rings is 1. The van der Waals surface area contributed by atoms with Crippen molar-refractivity contribution in [1.82, 2.24) is 4.98 Å². The highest BCUT2D eigenvalue weighted by molar-refractivity contribution is 8.01. The number of hydrogen-bond donors (Lipinski definition) is 2. The minimum Gasteiger partial charge on any atom is -0.324 e. The molecule has 1 aromatic heterocycles. The van der Waals surface area contributed by atoms with Gasteiger partial charge in [-0.1, -0.05) is 13.0 Å². The molecule has 2 aromatic rings. The molecule has 0 bridgehead atoms. The van der Waals surface area contributed by atoms with Crippen molar-refractivity contribution in [1.29, 1.82) is 0 Å². The van der Waals surface area contributed by atoms with Crippen molar-refractivity contribution in [3.05, 3.63) is 42.1 Å². The summed E-state index contributed by atoms with van der Waals surface area (Å²) in [6.07, 6.45) is 2.13. The SMILES string of the molecule is CC[C@H]1Sc2ccc(S(=O)(=O)CCC(=O)Nc3ccc(C)cn3)cc2NC1=O. The number of hydrogen-bond acceptors (Lipinski definition) is 6. The number of nitrogens with zero attached hydrogens (tertiary/aromatic N) is 1. The van der Waals surface area contributed by atoms with Crippen LogP contribution in [0.2, 0.25) is 0 Å². The minimum atomic E-state index is -3.67.